The van der Waals surface area contributed by atoms with Gasteiger partial charge in [0, 0.05) is 6.20 Å². The average molecular weight is 143 g/mol. The molecule has 0 amide bonds. The highest BCUT2D eigenvalue weighted by Gasteiger charge is 2.46. The van der Waals surface area contributed by atoms with Gasteiger partial charge >= 0.3 is 0 Å². The molecule has 1 aliphatic rings. The van der Waals surface area contributed by atoms with E-state index in [0.717, 1.165) is 18.5 Å². The van der Waals surface area contributed by atoms with Crippen LogP contribution in [0.5, 0.6) is 0 Å². The Balaban J connectivity index is 2.39. The van der Waals surface area contributed by atoms with Gasteiger partial charge in [-0.15, -0.1) is 0 Å². The van der Waals surface area contributed by atoms with Crippen molar-refractivity contribution in [3.05, 3.63) is 30.1 Å². The lowest BCUT2D eigenvalue weighted by Gasteiger charge is -2.01. The third-order valence-corrected chi connectivity index (χ3v) is 2.06. The molecule has 11 heavy (non-hydrogen) atoms. The lowest BCUT2D eigenvalue weighted by molar-refractivity contribution is 0.854. The molecule has 1 aromatic rings. The Morgan fingerprint density at radius 1 is 1.64 bits per heavy atom. The number of aromatic nitrogens is 1. The zero-order chi connectivity index (χ0) is 7.73. The van der Waals surface area contributed by atoms with Crippen molar-refractivity contribution in [1.82, 2.24) is 4.98 Å². The minimum absolute atomic E-state index is 0.252. The summed E-state index contributed by atoms with van der Waals surface area (Å²) < 4.78 is 0. The van der Waals surface area contributed by atoms with Crippen LogP contribution in [0.4, 0.5) is 0 Å². The molecule has 0 bridgehead atoms. The monoisotopic (exact) mass is 143 g/mol. The minimum Gasteiger partial charge on any atom is -0.260 e. The lowest BCUT2D eigenvalue weighted by Crippen LogP contribution is -2.04. The van der Waals surface area contributed by atoms with Crippen molar-refractivity contribution in [2.75, 3.05) is 0 Å². The van der Waals surface area contributed by atoms with Gasteiger partial charge < -0.3 is 0 Å². The van der Waals surface area contributed by atoms with E-state index in [1.165, 1.54) is 0 Å². The van der Waals surface area contributed by atoms with Gasteiger partial charge in [0.05, 0.1) is 17.2 Å². The van der Waals surface area contributed by atoms with E-state index in [1.807, 2.05) is 0 Å². The molecule has 1 aromatic heterocycles. The molecule has 0 N–H and O–H groups in total. The molecule has 53 valence electrons. The maximum absolute atomic E-state index is 8.81. The van der Waals surface area contributed by atoms with Crippen LogP contribution in [-0.4, -0.2) is 4.98 Å². The largest absolute Gasteiger partial charge is 0.260 e. The number of nitrogens with zero attached hydrogens (tertiary/aromatic N) is 2. The summed E-state index contributed by atoms with van der Waals surface area (Å²) in [5.41, 5.74) is 0.625. The standard InChI is InChI=1S/C9H7N2/c10-7-9(4-5-9)8-3-1-2-6-11-8/h2-3,6H,4-5H2. The third-order valence-electron chi connectivity index (χ3n) is 2.06. The van der Waals surface area contributed by atoms with Crippen molar-refractivity contribution in [1.29, 1.82) is 5.26 Å². The molecule has 0 saturated heterocycles. The highest BCUT2D eigenvalue weighted by atomic mass is 14.7. The lowest BCUT2D eigenvalue weighted by atomic mass is 10.0. The Bertz CT molecular complexity index is 293. The first-order chi connectivity index (χ1) is 5.37. The van der Waals surface area contributed by atoms with Crippen LogP contribution in [0.15, 0.2) is 18.3 Å². The van der Waals surface area contributed by atoms with E-state index >= 15 is 0 Å². The first kappa shape index (κ1) is 6.36. The minimum atomic E-state index is -0.252. The fourth-order valence-corrected chi connectivity index (χ4v) is 1.14. The Morgan fingerprint density at radius 3 is 2.91 bits per heavy atom. The second-order valence-electron chi connectivity index (χ2n) is 2.83. The van der Waals surface area contributed by atoms with Crippen LogP contribution < -0.4 is 0 Å². The SMILES string of the molecule is N#CC1(c2c[c]ccn2)CC1. The topological polar surface area (TPSA) is 36.7 Å². The molecule has 1 fully saturated rings. The molecular weight excluding hydrogens is 136 g/mol. The molecule has 2 nitrogen and oxygen atoms in total. The molecular formula is C9H7N2. The summed E-state index contributed by atoms with van der Waals surface area (Å²) in [6.07, 6.45) is 3.59. The van der Waals surface area contributed by atoms with Gasteiger partial charge in [0.25, 0.3) is 0 Å². The first-order valence-electron chi connectivity index (χ1n) is 3.61. The molecule has 1 radical (unpaired) electrons. The molecule has 1 heterocycles. The maximum Gasteiger partial charge on any atom is 0.0994 e. The predicted octanol–water partition coefficient (Wildman–Crippen LogP) is 1.44. The molecule has 2 rings (SSSR count). The predicted molar refractivity (Wildman–Crippen MR) is 39.6 cm³/mol. The Morgan fingerprint density at radius 2 is 2.45 bits per heavy atom. The fraction of sp³-hybridized carbons (Fsp3) is 0.333. The van der Waals surface area contributed by atoms with E-state index in [0.29, 0.717) is 0 Å². The van der Waals surface area contributed by atoms with Crippen LogP contribution in [0.3, 0.4) is 0 Å². The van der Waals surface area contributed by atoms with Crippen molar-refractivity contribution < 1.29 is 0 Å². The van der Waals surface area contributed by atoms with E-state index in [4.69, 9.17) is 5.26 Å². The normalized spacial score (nSPS) is 18.8. The van der Waals surface area contributed by atoms with Crippen LogP contribution in [0, 0.1) is 17.4 Å². The van der Waals surface area contributed by atoms with E-state index in [2.05, 4.69) is 17.1 Å². The van der Waals surface area contributed by atoms with Gasteiger partial charge in [-0.2, -0.15) is 5.26 Å². The van der Waals surface area contributed by atoms with Crippen molar-refractivity contribution in [3.63, 3.8) is 0 Å². The number of pyridine rings is 1. The summed E-state index contributed by atoms with van der Waals surface area (Å²) in [6, 6.07) is 8.76. The summed E-state index contributed by atoms with van der Waals surface area (Å²) in [5, 5.41) is 8.81. The second-order valence-corrected chi connectivity index (χ2v) is 2.83. The van der Waals surface area contributed by atoms with Crippen LogP contribution >= 0.6 is 0 Å². The summed E-state index contributed by atoms with van der Waals surface area (Å²) in [5.74, 6) is 0. The van der Waals surface area contributed by atoms with Gasteiger partial charge in [0.2, 0.25) is 0 Å². The van der Waals surface area contributed by atoms with Crippen LogP contribution in [0.1, 0.15) is 18.5 Å². The van der Waals surface area contributed by atoms with E-state index in [9.17, 15) is 0 Å². The fourth-order valence-electron chi connectivity index (χ4n) is 1.14. The molecule has 0 aliphatic heterocycles. The number of rotatable bonds is 1. The van der Waals surface area contributed by atoms with Gasteiger partial charge in [-0.25, -0.2) is 0 Å². The van der Waals surface area contributed by atoms with Crippen LogP contribution in [0.2, 0.25) is 0 Å². The second kappa shape index (κ2) is 2.06. The molecule has 0 aromatic carbocycles. The number of hydrogen-bond donors (Lipinski definition) is 0. The number of nitriles is 1. The Kier molecular flexibility index (Phi) is 1.19. The highest BCUT2D eigenvalue weighted by molar-refractivity contribution is 5.33. The van der Waals surface area contributed by atoms with E-state index in [1.54, 1.807) is 18.3 Å². The van der Waals surface area contributed by atoms with Crippen molar-refractivity contribution in [2.24, 2.45) is 0 Å². The van der Waals surface area contributed by atoms with Gasteiger partial charge in [0.15, 0.2) is 0 Å². The molecule has 2 heteroatoms. The van der Waals surface area contributed by atoms with Gasteiger partial charge in [-0.3, -0.25) is 4.98 Å². The van der Waals surface area contributed by atoms with Gasteiger partial charge in [0.1, 0.15) is 0 Å². The van der Waals surface area contributed by atoms with Crippen LogP contribution in [-0.2, 0) is 5.41 Å². The summed E-state index contributed by atoms with van der Waals surface area (Å²) in [6.45, 7) is 0. The summed E-state index contributed by atoms with van der Waals surface area (Å²) in [4.78, 5) is 4.13. The molecule has 1 saturated carbocycles. The third kappa shape index (κ3) is 0.894. The Labute approximate surface area is 65.5 Å². The van der Waals surface area contributed by atoms with Crippen LogP contribution in [0.25, 0.3) is 0 Å². The van der Waals surface area contributed by atoms with Crippen molar-refractivity contribution in [3.8, 4) is 6.07 Å². The maximum atomic E-state index is 8.81. The first-order valence-corrected chi connectivity index (χ1v) is 3.61. The zero-order valence-corrected chi connectivity index (χ0v) is 6.04. The van der Waals surface area contributed by atoms with E-state index in [-0.39, 0.29) is 5.41 Å². The molecule has 0 spiro atoms. The van der Waals surface area contributed by atoms with Crippen molar-refractivity contribution >= 4 is 0 Å². The molecule has 0 unspecified atom stereocenters. The smallest absolute Gasteiger partial charge is 0.0994 e. The highest BCUT2D eigenvalue weighted by Crippen LogP contribution is 2.46. The molecule has 0 atom stereocenters. The Hall–Kier alpha value is -1.36. The average Bonchev–Trinajstić information content (AvgIpc) is 2.86. The zero-order valence-electron chi connectivity index (χ0n) is 6.04. The summed E-state index contributed by atoms with van der Waals surface area (Å²) in [7, 11) is 0. The van der Waals surface area contributed by atoms with Gasteiger partial charge in [-0.05, 0) is 31.0 Å². The number of hydrogen-bond acceptors (Lipinski definition) is 2. The quantitative estimate of drug-likeness (QED) is 0.596. The van der Waals surface area contributed by atoms with Gasteiger partial charge in [-0.1, -0.05) is 0 Å². The summed E-state index contributed by atoms with van der Waals surface area (Å²) >= 11 is 0. The van der Waals surface area contributed by atoms with E-state index < -0.39 is 0 Å². The van der Waals surface area contributed by atoms with Crippen molar-refractivity contribution in [2.45, 2.75) is 18.3 Å². The molecule has 1 aliphatic carbocycles.